The van der Waals surface area contributed by atoms with Crippen molar-refractivity contribution < 1.29 is 13.5 Å². The molecule has 0 amide bonds. The summed E-state index contributed by atoms with van der Waals surface area (Å²) in [6.45, 7) is 5.11. The highest BCUT2D eigenvalue weighted by molar-refractivity contribution is 5.90. The molecule has 0 radical (unpaired) electrons. The first-order valence-electron chi connectivity index (χ1n) is 10.5. The topological polar surface area (TPSA) is 65.7 Å². The summed E-state index contributed by atoms with van der Waals surface area (Å²) in [6, 6.07) is 7.36. The Bertz CT molecular complexity index is 1220. The average molecular weight is 437 g/mol. The van der Waals surface area contributed by atoms with Gasteiger partial charge in [-0.2, -0.15) is 5.10 Å². The van der Waals surface area contributed by atoms with Gasteiger partial charge >= 0.3 is 0 Å². The molecule has 1 aliphatic rings. The van der Waals surface area contributed by atoms with E-state index in [0.29, 0.717) is 35.5 Å². The van der Waals surface area contributed by atoms with Gasteiger partial charge in [0.1, 0.15) is 17.2 Å². The largest absolute Gasteiger partial charge is 0.381 e. The van der Waals surface area contributed by atoms with E-state index in [2.05, 4.69) is 15.1 Å². The monoisotopic (exact) mass is 437 g/mol. The molecule has 0 saturated carbocycles. The van der Waals surface area contributed by atoms with Crippen molar-refractivity contribution in [3.05, 3.63) is 71.4 Å². The second kappa shape index (κ2) is 9.48. The Hall–Kier alpha value is -3.26. The van der Waals surface area contributed by atoms with Gasteiger partial charge in [0, 0.05) is 61.5 Å². The lowest BCUT2D eigenvalue weighted by atomic mass is 9.93. The predicted octanol–water partition coefficient (Wildman–Crippen LogP) is 4.90. The van der Waals surface area contributed by atoms with Crippen LogP contribution in [-0.4, -0.2) is 37.9 Å². The average Bonchev–Trinajstić information content (AvgIpc) is 3.26. The highest BCUT2D eigenvalue weighted by atomic mass is 19.1. The van der Waals surface area contributed by atoms with Gasteiger partial charge in [0.25, 0.3) is 0 Å². The molecule has 4 aromatic rings. The van der Waals surface area contributed by atoms with Crippen LogP contribution in [-0.2, 0) is 11.8 Å². The quantitative estimate of drug-likeness (QED) is 0.446. The first-order chi connectivity index (χ1) is 15.4. The van der Waals surface area contributed by atoms with E-state index in [0.717, 1.165) is 36.0 Å². The molecule has 1 aliphatic heterocycles. The number of aromatic nitrogens is 5. The number of halogens is 2. The smallest absolute Gasteiger partial charge is 0.179 e. The molecule has 32 heavy (non-hydrogen) atoms. The van der Waals surface area contributed by atoms with E-state index < -0.39 is 11.6 Å². The van der Waals surface area contributed by atoms with Crippen LogP contribution in [0.5, 0.6) is 0 Å². The number of pyridine rings is 1. The number of ether oxygens (including phenoxy) is 1. The lowest BCUT2D eigenvalue weighted by Gasteiger charge is -2.22. The van der Waals surface area contributed by atoms with Crippen molar-refractivity contribution in [2.24, 2.45) is 7.05 Å². The van der Waals surface area contributed by atoms with Crippen molar-refractivity contribution in [3.63, 3.8) is 0 Å². The SMILES string of the molecule is Cc1nc2nc(C3CCOCC3)cc(-c3ccc(F)cc3F)c2nc1C.Cn1cccn1. The summed E-state index contributed by atoms with van der Waals surface area (Å²) in [5.74, 6) is -0.985. The van der Waals surface area contributed by atoms with Crippen LogP contribution in [0.4, 0.5) is 8.78 Å². The maximum Gasteiger partial charge on any atom is 0.179 e. The molecular weight excluding hydrogens is 412 g/mol. The van der Waals surface area contributed by atoms with Crippen LogP contribution in [0.3, 0.4) is 0 Å². The molecule has 0 N–H and O–H groups in total. The second-order valence-electron chi connectivity index (χ2n) is 7.85. The Morgan fingerprint density at radius 2 is 1.72 bits per heavy atom. The highest BCUT2D eigenvalue weighted by Crippen LogP contribution is 2.34. The van der Waals surface area contributed by atoms with Crippen LogP contribution in [0.25, 0.3) is 22.3 Å². The fraction of sp³-hybridized carbons (Fsp3) is 0.333. The summed E-state index contributed by atoms with van der Waals surface area (Å²) >= 11 is 0. The summed E-state index contributed by atoms with van der Waals surface area (Å²) in [5, 5.41) is 3.83. The number of hydrogen-bond acceptors (Lipinski definition) is 5. The van der Waals surface area contributed by atoms with Crippen molar-refractivity contribution in [3.8, 4) is 11.1 Å². The molecule has 1 fully saturated rings. The fourth-order valence-corrected chi connectivity index (χ4v) is 3.68. The molecule has 0 aliphatic carbocycles. The first kappa shape index (κ1) is 22.0. The summed E-state index contributed by atoms with van der Waals surface area (Å²) < 4.78 is 35.0. The van der Waals surface area contributed by atoms with Gasteiger partial charge in [-0.15, -0.1) is 0 Å². The van der Waals surface area contributed by atoms with Crippen molar-refractivity contribution in [2.45, 2.75) is 32.6 Å². The van der Waals surface area contributed by atoms with E-state index in [4.69, 9.17) is 9.72 Å². The number of aryl methyl sites for hydroxylation is 3. The van der Waals surface area contributed by atoms with Crippen LogP contribution in [0.15, 0.2) is 42.7 Å². The summed E-state index contributed by atoms with van der Waals surface area (Å²) in [6.07, 6.45) is 5.37. The van der Waals surface area contributed by atoms with Gasteiger partial charge < -0.3 is 4.74 Å². The van der Waals surface area contributed by atoms with Gasteiger partial charge in [-0.1, -0.05) is 0 Å². The summed E-state index contributed by atoms with van der Waals surface area (Å²) in [7, 11) is 1.89. The molecule has 0 spiro atoms. The third kappa shape index (κ3) is 4.80. The van der Waals surface area contributed by atoms with Gasteiger partial charge in [0.2, 0.25) is 0 Å². The minimum absolute atomic E-state index is 0.235. The van der Waals surface area contributed by atoms with Crippen LogP contribution < -0.4 is 0 Å². The molecule has 8 heteroatoms. The maximum atomic E-state index is 14.5. The lowest BCUT2D eigenvalue weighted by Crippen LogP contribution is -2.15. The molecule has 0 atom stereocenters. The minimum Gasteiger partial charge on any atom is -0.381 e. The lowest BCUT2D eigenvalue weighted by molar-refractivity contribution is 0.0845. The fourth-order valence-electron chi connectivity index (χ4n) is 3.68. The van der Waals surface area contributed by atoms with Crippen LogP contribution in [0.1, 0.15) is 35.8 Å². The van der Waals surface area contributed by atoms with Crippen molar-refractivity contribution in [1.82, 2.24) is 24.7 Å². The number of benzene rings is 1. The van der Waals surface area contributed by atoms with E-state index in [1.165, 1.54) is 12.1 Å². The molecule has 3 aromatic heterocycles. The summed E-state index contributed by atoms with van der Waals surface area (Å²) in [5.41, 5.74) is 4.36. The van der Waals surface area contributed by atoms with Crippen molar-refractivity contribution in [2.75, 3.05) is 13.2 Å². The van der Waals surface area contributed by atoms with Gasteiger partial charge in [-0.3, -0.25) is 4.68 Å². The molecule has 166 valence electrons. The number of hydrogen-bond donors (Lipinski definition) is 0. The first-order valence-corrected chi connectivity index (χ1v) is 10.5. The Morgan fingerprint density at radius 1 is 0.969 bits per heavy atom. The van der Waals surface area contributed by atoms with Gasteiger partial charge in [0.05, 0.1) is 11.4 Å². The Labute approximate surface area is 185 Å². The van der Waals surface area contributed by atoms with Crippen molar-refractivity contribution >= 4 is 11.2 Å². The Morgan fingerprint density at radius 3 is 2.34 bits per heavy atom. The third-order valence-corrected chi connectivity index (χ3v) is 5.57. The zero-order valence-corrected chi connectivity index (χ0v) is 18.3. The molecule has 1 aromatic carbocycles. The molecule has 4 heterocycles. The van der Waals surface area contributed by atoms with Gasteiger partial charge in [0.15, 0.2) is 5.65 Å². The van der Waals surface area contributed by atoms with Gasteiger partial charge in [-0.05, 0) is 51.0 Å². The standard InChI is InChI=1S/C20H19F2N3O.C4H6N2/c1-11-12(2)24-20-19(23-11)16(15-4-3-14(21)9-17(15)22)10-18(25-20)13-5-7-26-8-6-13;1-6-4-2-3-5-6/h3-4,9-10,13H,5-8H2,1-2H3;2-4H,1H3. The van der Waals surface area contributed by atoms with E-state index in [-0.39, 0.29) is 5.92 Å². The highest BCUT2D eigenvalue weighted by Gasteiger charge is 2.22. The molecule has 6 nitrogen and oxygen atoms in total. The Balaban J connectivity index is 0.000000354. The van der Waals surface area contributed by atoms with E-state index in [9.17, 15) is 8.78 Å². The minimum atomic E-state index is -0.615. The molecule has 0 bridgehead atoms. The number of rotatable bonds is 2. The molecule has 1 saturated heterocycles. The second-order valence-corrected chi connectivity index (χ2v) is 7.85. The zero-order valence-electron chi connectivity index (χ0n) is 18.3. The van der Waals surface area contributed by atoms with E-state index in [1.807, 2.05) is 39.2 Å². The van der Waals surface area contributed by atoms with Crippen molar-refractivity contribution in [1.29, 1.82) is 0 Å². The molecule has 0 unspecified atom stereocenters. The Kier molecular flexibility index (Phi) is 6.50. The molecular formula is C24H25F2N5O. The van der Waals surface area contributed by atoms with Crippen LogP contribution >= 0.6 is 0 Å². The zero-order chi connectivity index (χ0) is 22.7. The van der Waals surface area contributed by atoms with E-state index >= 15 is 0 Å². The summed E-state index contributed by atoms with van der Waals surface area (Å²) in [4.78, 5) is 13.9. The normalized spacial score (nSPS) is 14.3. The van der Waals surface area contributed by atoms with Crippen LogP contribution in [0.2, 0.25) is 0 Å². The predicted molar refractivity (Wildman–Crippen MR) is 118 cm³/mol. The maximum absolute atomic E-state index is 14.5. The number of nitrogens with zero attached hydrogens (tertiary/aromatic N) is 5. The van der Waals surface area contributed by atoms with Crippen LogP contribution in [0, 0.1) is 25.5 Å². The van der Waals surface area contributed by atoms with Gasteiger partial charge in [-0.25, -0.2) is 23.7 Å². The third-order valence-electron chi connectivity index (χ3n) is 5.57. The molecule has 5 rings (SSSR count). The van der Waals surface area contributed by atoms with E-state index in [1.54, 1.807) is 10.9 Å². The number of fused-ring (bicyclic) bond motifs is 1.